The Balaban J connectivity index is 1.13. The van der Waals surface area contributed by atoms with E-state index < -0.39 is 17.9 Å². The van der Waals surface area contributed by atoms with Crippen LogP contribution in [0, 0.1) is 5.41 Å². The summed E-state index contributed by atoms with van der Waals surface area (Å²) in [6.07, 6.45) is 8.47. The van der Waals surface area contributed by atoms with Crippen LogP contribution in [0.5, 0.6) is 0 Å². The van der Waals surface area contributed by atoms with Crippen LogP contribution in [-0.4, -0.2) is 63.0 Å². The molecule has 41 heavy (non-hydrogen) atoms. The van der Waals surface area contributed by atoms with Crippen molar-refractivity contribution in [3.05, 3.63) is 59.4 Å². The summed E-state index contributed by atoms with van der Waals surface area (Å²) in [5.74, 6) is -4.05. The summed E-state index contributed by atoms with van der Waals surface area (Å²) in [6, 6.07) is 8.05. The number of carbonyl (C=O) groups is 3. The highest BCUT2D eigenvalue weighted by Gasteiger charge is 2.48. The molecule has 3 aliphatic heterocycles. The number of hydrogen-bond acceptors (Lipinski definition) is 5. The maximum atomic E-state index is 15.3. The van der Waals surface area contributed by atoms with Crippen molar-refractivity contribution in [1.82, 2.24) is 19.7 Å². The van der Waals surface area contributed by atoms with Crippen LogP contribution < -0.4 is 5.01 Å². The maximum absolute atomic E-state index is 15.3. The van der Waals surface area contributed by atoms with Gasteiger partial charge in [-0.1, -0.05) is 31.5 Å². The predicted molar refractivity (Wildman–Crippen MR) is 148 cm³/mol. The first-order chi connectivity index (χ1) is 19.6. The van der Waals surface area contributed by atoms with Gasteiger partial charge < -0.3 is 0 Å². The third-order valence-corrected chi connectivity index (χ3v) is 9.39. The summed E-state index contributed by atoms with van der Waals surface area (Å²) < 4.78 is 32.1. The fourth-order valence-electron chi connectivity index (χ4n) is 7.14. The van der Waals surface area contributed by atoms with E-state index in [1.165, 1.54) is 16.1 Å². The van der Waals surface area contributed by atoms with Gasteiger partial charge in [0, 0.05) is 43.9 Å². The Hall–Kier alpha value is -3.66. The minimum atomic E-state index is -2.88. The number of halogens is 2. The third-order valence-electron chi connectivity index (χ3n) is 9.39. The van der Waals surface area contributed by atoms with Crippen LogP contribution in [-0.2, 0) is 16.0 Å². The van der Waals surface area contributed by atoms with Crippen molar-refractivity contribution < 1.29 is 23.2 Å². The summed E-state index contributed by atoms with van der Waals surface area (Å²) in [4.78, 5) is 40.6. The van der Waals surface area contributed by atoms with Crippen LogP contribution in [0.3, 0.4) is 0 Å². The largest absolute Gasteiger partial charge is 0.297 e. The molecule has 0 N–H and O–H groups in total. The minimum absolute atomic E-state index is 0.169. The van der Waals surface area contributed by atoms with Gasteiger partial charge in [-0.3, -0.25) is 24.0 Å². The van der Waals surface area contributed by atoms with Crippen molar-refractivity contribution in [2.75, 3.05) is 24.6 Å². The molecule has 1 aromatic heterocycles. The number of imide groups is 1. The van der Waals surface area contributed by atoms with E-state index in [2.05, 4.69) is 12.0 Å². The van der Waals surface area contributed by atoms with Gasteiger partial charge in [0.15, 0.2) is 0 Å². The molecule has 214 valence electrons. The molecule has 4 aliphatic rings. The average molecular weight is 562 g/mol. The van der Waals surface area contributed by atoms with E-state index in [0.29, 0.717) is 42.4 Å². The monoisotopic (exact) mass is 561 g/mol. The number of amides is 3. The molecular formula is C31H33F2N5O3. The fourth-order valence-corrected chi connectivity index (χ4v) is 7.14. The Bertz CT molecular complexity index is 1560. The SMILES string of the molecule is CC1(CN2CCC(n3cc(Cc4ccc5c6c(cccc46)C(=O)N5N4C(=O)CCCC4=O)cn3)C(F)(F)C2)CCC1. The number of anilines is 1. The Morgan fingerprint density at radius 2 is 1.78 bits per heavy atom. The topological polar surface area (TPSA) is 78.8 Å². The lowest BCUT2D eigenvalue weighted by molar-refractivity contribution is -0.148. The van der Waals surface area contributed by atoms with Crippen LogP contribution in [0.25, 0.3) is 10.8 Å². The van der Waals surface area contributed by atoms with E-state index in [-0.39, 0.29) is 36.6 Å². The zero-order valence-corrected chi connectivity index (χ0v) is 23.1. The van der Waals surface area contributed by atoms with Gasteiger partial charge in [0.25, 0.3) is 11.8 Å². The standard InChI is InChI=1S/C31H33F2N5O3/c1-30(12-4-13-30)18-35-14-11-25(31(32,33)19-35)36-17-20(16-34-36)15-21-9-10-24-28-22(21)5-2-6-23(28)29(41)37(24)38-26(39)7-3-8-27(38)40/h2,5-6,9-10,16-17,25H,3-4,7-8,11-15,18-19H2,1H3. The first-order valence-corrected chi connectivity index (χ1v) is 14.5. The van der Waals surface area contributed by atoms with Gasteiger partial charge in [0.2, 0.25) is 11.8 Å². The molecule has 3 amide bonds. The summed E-state index contributed by atoms with van der Waals surface area (Å²) in [5.41, 5.74) is 2.82. The van der Waals surface area contributed by atoms with Gasteiger partial charge in [-0.2, -0.15) is 10.1 Å². The molecule has 3 aromatic rings. The number of alkyl halides is 2. The van der Waals surface area contributed by atoms with Crippen LogP contribution >= 0.6 is 0 Å². The van der Waals surface area contributed by atoms with Crippen molar-refractivity contribution in [2.45, 2.75) is 70.3 Å². The molecule has 0 radical (unpaired) electrons. The Kier molecular flexibility index (Phi) is 6.04. The van der Waals surface area contributed by atoms with Crippen LogP contribution in [0.15, 0.2) is 42.7 Å². The number of piperidine rings is 2. The van der Waals surface area contributed by atoms with Crippen molar-refractivity contribution in [3.8, 4) is 0 Å². The van der Waals surface area contributed by atoms with Crippen LogP contribution in [0.1, 0.15) is 79.4 Å². The highest BCUT2D eigenvalue weighted by molar-refractivity contribution is 6.27. The minimum Gasteiger partial charge on any atom is -0.297 e. The number of hydrogen-bond donors (Lipinski definition) is 0. The first kappa shape index (κ1) is 26.3. The lowest BCUT2D eigenvalue weighted by Gasteiger charge is -2.46. The Morgan fingerprint density at radius 1 is 1.00 bits per heavy atom. The van der Waals surface area contributed by atoms with Crippen molar-refractivity contribution >= 4 is 34.2 Å². The van der Waals surface area contributed by atoms with Gasteiger partial charge in [0.05, 0.1) is 24.0 Å². The zero-order chi connectivity index (χ0) is 28.5. The molecule has 1 aliphatic carbocycles. The number of hydrazine groups is 1. The molecule has 1 atom stereocenters. The summed E-state index contributed by atoms with van der Waals surface area (Å²) in [7, 11) is 0. The molecule has 0 bridgehead atoms. The number of benzene rings is 2. The van der Waals surface area contributed by atoms with E-state index in [4.69, 9.17) is 0 Å². The second kappa shape index (κ2) is 9.44. The Labute approximate surface area is 236 Å². The summed E-state index contributed by atoms with van der Waals surface area (Å²) >= 11 is 0. The molecule has 10 heteroatoms. The van der Waals surface area contributed by atoms with Crippen molar-refractivity contribution in [3.63, 3.8) is 0 Å². The lowest BCUT2D eigenvalue weighted by atomic mass is 9.70. The summed E-state index contributed by atoms with van der Waals surface area (Å²) in [5, 5.41) is 8.07. The van der Waals surface area contributed by atoms with Crippen LogP contribution in [0.2, 0.25) is 0 Å². The number of carbonyl (C=O) groups excluding carboxylic acids is 3. The first-order valence-electron chi connectivity index (χ1n) is 14.5. The quantitative estimate of drug-likeness (QED) is 0.391. The molecular weight excluding hydrogens is 528 g/mol. The molecule has 0 spiro atoms. The summed E-state index contributed by atoms with van der Waals surface area (Å²) in [6.45, 7) is 3.31. The number of likely N-dealkylation sites (tertiary alicyclic amines) is 1. The number of nitrogens with zero attached hydrogens (tertiary/aromatic N) is 5. The molecule has 8 nitrogen and oxygen atoms in total. The molecule has 3 fully saturated rings. The third kappa shape index (κ3) is 4.34. The molecule has 2 aromatic carbocycles. The normalized spacial score (nSPS) is 23.9. The molecule has 1 saturated carbocycles. The molecule has 7 rings (SSSR count). The maximum Gasteiger partial charge on any atom is 0.282 e. The molecule has 4 heterocycles. The number of aromatic nitrogens is 2. The van der Waals surface area contributed by atoms with Gasteiger partial charge in [-0.15, -0.1) is 0 Å². The average Bonchev–Trinajstić information content (AvgIpc) is 3.48. The predicted octanol–water partition coefficient (Wildman–Crippen LogP) is 5.11. The fraction of sp³-hybridized carbons (Fsp3) is 0.484. The van der Waals surface area contributed by atoms with Crippen molar-refractivity contribution in [1.29, 1.82) is 0 Å². The molecule has 1 unspecified atom stereocenters. The highest BCUT2D eigenvalue weighted by atomic mass is 19.3. The zero-order valence-electron chi connectivity index (χ0n) is 23.1. The van der Waals surface area contributed by atoms with E-state index in [1.54, 1.807) is 30.6 Å². The van der Waals surface area contributed by atoms with Crippen LogP contribution in [0.4, 0.5) is 14.5 Å². The smallest absolute Gasteiger partial charge is 0.282 e. The van der Waals surface area contributed by atoms with Gasteiger partial charge in [-0.25, -0.2) is 13.8 Å². The second-order valence-electron chi connectivity index (χ2n) is 12.5. The van der Waals surface area contributed by atoms with Gasteiger partial charge in [-0.05, 0) is 59.7 Å². The van der Waals surface area contributed by atoms with Gasteiger partial charge in [0.1, 0.15) is 6.04 Å². The van der Waals surface area contributed by atoms with E-state index in [0.717, 1.165) is 40.9 Å². The van der Waals surface area contributed by atoms with Crippen molar-refractivity contribution in [2.24, 2.45) is 5.41 Å². The lowest BCUT2D eigenvalue weighted by Crippen LogP contribution is -2.53. The van der Waals surface area contributed by atoms with E-state index >= 15 is 8.78 Å². The molecule has 2 saturated heterocycles. The Morgan fingerprint density at radius 3 is 2.49 bits per heavy atom. The van der Waals surface area contributed by atoms with E-state index in [1.807, 2.05) is 17.0 Å². The highest BCUT2D eigenvalue weighted by Crippen LogP contribution is 2.44. The second-order valence-corrected chi connectivity index (χ2v) is 12.5. The number of rotatable bonds is 6. The van der Waals surface area contributed by atoms with E-state index in [9.17, 15) is 14.4 Å². The van der Waals surface area contributed by atoms with Gasteiger partial charge >= 0.3 is 0 Å².